The van der Waals surface area contributed by atoms with E-state index in [2.05, 4.69) is 19.9 Å². The van der Waals surface area contributed by atoms with Gasteiger partial charge in [-0.2, -0.15) is 0 Å². The maximum atomic E-state index is 13.5. The summed E-state index contributed by atoms with van der Waals surface area (Å²) in [6.45, 7) is 6.64. The van der Waals surface area contributed by atoms with Crippen molar-refractivity contribution in [1.29, 1.82) is 0 Å². The number of ether oxygens (including phenoxy) is 1. The van der Waals surface area contributed by atoms with E-state index in [4.69, 9.17) is 4.74 Å². The maximum Gasteiger partial charge on any atom is 0.411 e. The lowest BCUT2D eigenvalue weighted by Crippen LogP contribution is -2.43. The molecule has 2 N–H and O–H groups in total. The van der Waals surface area contributed by atoms with Crippen LogP contribution >= 0.6 is 23.1 Å². The molecule has 11 heteroatoms. The number of rotatable bonds is 8. The van der Waals surface area contributed by atoms with Gasteiger partial charge in [-0.1, -0.05) is 25.3 Å². The highest BCUT2D eigenvalue weighted by atomic mass is 32.2. The standard InChI is InChI=1S/C27H40N4O4S3/c1-26(2,3)30-38(33,34)23-16-20(29-25(32)35-18-27(36-5)14-9-15-31(27)4)12-13-21(23)22-17-28-24(37-22)19-10-7-6-8-11-19/h12-13,16-17,19,30H,6-11,14-15,18H2,1-5H3,(H,29,32). The molecule has 38 heavy (non-hydrogen) atoms. The predicted molar refractivity (Wildman–Crippen MR) is 157 cm³/mol. The van der Waals surface area contributed by atoms with Crippen LogP contribution in [0.1, 0.15) is 76.6 Å². The Morgan fingerprint density at radius 3 is 2.61 bits per heavy atom. The van der Waals surface area contributed by atoms with Gasteiger partial charge in [-0.05, 0) is 78.4 Å². The molecule has 2 fully saturated rings. The maximum absolute atomic E-state index is 13.5. The van der Waals surface area contributed by atoms with E-state index >= 15 is 0 Å². The number of thiazole rings is 1. The van der Waals surface area contributed by atoms with Gasteiger partial charge in [0.25, 0.3) is 0 Å². The van der Waals surface area contributed by atoms with Gasteiger partial charge in [-0.3, -0.25) is 10.2 Å². The number of nitrogens with one attached hydrogen (secondary N) is 2. The molecule has 1 saturated heterocycles. The molecule has 1 aromatic carbocycles. The zero-order valence-corrected chi connectivity index (χ0v) is 25.5. The first-order chi connectivity index (χ1) is 17.9. The predicted octanol–water partition coefficient (Wildman–Crippen LogP) is 6.27. The third-order valence-corrected chi connectivity index (χ3v) is 11.7. The van der Waals surface area contributed by atoms with Gasteiger partial charge in [-0.15, -0.1) is 23.1 Å². The quantitative estimate of drug-likeness (QED) is 0.380. The first-order valence-corrected chi connectivity index (χ1v) is 16.8. The number of carbonyl (C=O) groups excluding carboxylic acids is 1. The van der Waals surface area contributed by atoms with Gasteiger partial charge in [0.2, 0.25) is 10.0 Å². The van der Waals surface area contributed by atoms with Crippen LogP contribution < -0.4 is 10.0 Å². The Morgan fingerprint density at radius 1 is 1.24 bits per heavy atom. The number of sulfonamides is 1. The van der Waals surface area contributed by atoms with Crippen molar-refractivity contribution < 1.29 is 17.9 Å². The van der Waals surface area contributed by atoms with Crippen molar-refractivity contribution in [2.45, 2.75) is 86.9 Å². The van der Waals surface area contributed by atoms with E-state index in [1.165, 1.54) is 25.3 Å². The largest absolute Gasteiger partial charge is 0.446 e. The molecule has 2 aromatic rings. The second kappa shape index (κ2) is 11.8. The van der Waals surface area contributed by atoms with Crippen molar-refractivity contribution in [2.75, 3.05) is 31.8 Å². The lowest BCUT2D eigenvalue weighted by molar-refractivity contribution is 0.114. The number of likely N-dealkylation sites (tertiary alicyclic amines) is 1. The Morgan fingerprint density at radius 2 is 1.97 bits per heavy atom. The van der Waals surface area contributed by atoms with Gasteiger partial charge in [0.05, 0.1) is 14.8 Å². The van der Waals surface area contributed by atoms with Gasteiger partial charge in [0.1, 0.15) is 11.5 Å². The van der Waals surface area contributed by atoms with Crippen molar-refractivity contribution in [3.05, 3.63) is 29.4 Å². The summed E-state index contributed by atoms with van der Waals surface area (Å²) >= 11 is 3.25. The smallest absolute Gasteiger partial charge is 0.411 e. The number of amides is 1. The topological polar surface area (TPSA) is 101 Å². The minimum Gasteiger partial charge on any atom is -0.446 e. The third kappa shape index (κ3) is 6.91. The van der Waals surface area contributed by atoms with Crippen molar-refractivity contribution in [2.24, 2.45) is 0 Å². The van der Waals surface area contributed by atoms with Crippen LogP contribution in [-0.2, 0) is 14.8 Å². The fourth-order valence-electron chi connectivity index (χ4n) is 5.25. The first kappa shape index (κ1) is 29.3. The molecule has 0 bridgehead atoms. The van der Waals surface area contributed by atoms with Gasteiger partial charge in [0.15, 0.2) is 0 Å². The highest BCUT2D eigenvalue weighted by molar-refractivity contribution is 7.99. The summed E-state index contributed by atoms with van der Waals surface area (Å²) in [4.78, 5) is 20.3. The molecular formula is C27H40N4O4S3. The summed E-state index contributed by atoms with van der Waals surface area (Å²) in [5, 5.41) is 3.81. The van der Waals surface area contributed by atoms with E-state index in [-0.39, 0.29) is 16.4 Å². The highest BCUT2D eigenvalue weighted by Crippen LogP contribution is 2.40. The number of hydrogen-bond acceptors (Lipinski definition) is 8. The third-order valence-electron chi connectivity index (χ3n) is 7.27. The molecule has 210 valence electrons. The van der Waals surface area contributed by atoms with Crippen molar-refractivity contribution in [3.8, 4) is 10.4 Å². The summed E-state index contributed by atoms with van der Waals surface area (Å²) in [6.07, 6.45) is 11.2. The van der Waals surface area contributed by atoms with E-state index in [0.29, 0.717) is 17.2 Å². The summed E-state index contributed by atoms with van der Waals surface area (Å²) in [7, 11) is -1.85. The number of nitrogens with zero attached hydrogens (tertiary/aromatic N) is 2. The second-order valence-electron chi connectivity index (χ2n) is 11.3. The molecule has 1 aromatic heterocycles. The molecular weight excluding hydrogens is 541 g/mol. The van der Waals surface area contributed by atoms with Crippen LogP contribution in [0.15, 0.2) is 29.3 Å². The van der Waals surface area contributed by atoms with E-state index in [1.54, 1.807) is 62.2 Å². The van der Waals surface area contributed by atoms with Crippen LogP contribution in [0.3, 0.4) is 0 Å². The number of benzene rings is 1. The molecule has 1 unspecified atom stereocenters. The molecule has 1 aliphatic carbocycles. The minimum absolute atomic E-state index is 0.111. The molecule has 1 aliphatic heterocycles. The Hall–Kier alpha value is -1.66. The molecule has 8 nitrogen and oxygen atoms in total. The van der Waals surface area contributed by atoms with Crippen LogP contribution in [-0.4, -0.2) is 61.3 Å². The van der Waals surface area contributed by atoms with E-state index in [9.17, 15) is 13.2 Å². The second-order valence-corrected chi connectivity index (χ2v) is 15.2. The zero-order valence-electron chi connectivity index (χ0n) is 23.0. The van der Waals surface area contributed by atoms with E-state index < -0.39 is 21.7 Å². The molecule has 1 amide bonds. The molecule has 1 saturated carbocycles. The van der Waals surface area contributed by atoms with Gasteiger partial charge in [0, 0.05) is 28.9 Å². The molecule has 1 atom stereocenters. The number of anilines is 1. The Balaban J connectivity index is 1.58. The van der Waals surface area contributed by atoms with Crippen molar-refractivity contribution in [3.63, 3.8) is 0 Å². The average molecular weight is 581 g/mol. The monoisotopic (exact) mass is 580 g/mol. The highest BCUT2D eigenvalue weighted by Gasteiger charge is 2.39. The first-order valence-electron chi connectivity index (χ1n) is 13.3. The minimum atomic E-state index is -3.89. The van der Waals surface area contributed by atoms with Gasteiger partial charge in [-0.25, -0.2) is 22.9 Å². The summed E-state index contributed by atoms with van der Waals surface area (Å²) in [5.74, 6) is 0.439. The Bertz CT molecular complexity index is 1240. The van der Waals surface area contributed by atoms with E-state index in [1.807, 2.05) is 13.3 Å². The van der Waals surface area contributed by atoms with Crippen LogP contribution in [0.5, 0.6) is 0 Å². The van der Waals surface area contributed by atoms with Crippen LogP contribution in [0, 0.1) is 0 Å². The fourth-order valence-corrected chi connectivity index (χ4v) is 9.04. The van der Waals surface area contributed by atoms with Crippen LogP contribution in [0.4, 0.5) is 10.5 Å². The average Bonchev–Trinajstić information content (AvgIpc) is 3.49. The molecule has 0 radical (unpaired) electrons. The Labute approximate surface area is 235 Å². The van der Waals surface area contributed by atoms with Crippen LogP contribution in [0.2, 0.25) is 0 Å². The normalized spacial score (nSPS) is 21.5. The van der Waals surface area contributed by atoms with E-state index in [0.717, 1.165) is 42.1 Å². The number of thioether (sulfide) groups is 1. The van der Waals surface area contributed by atoms with Crippen LogP contribution in [0.25, 0.3) is 10.4 Å². The lowest BCUT2D eigenvalue weighted by atomic mass is 9.90. The van der Waals surface area contributed by atoms with Gasteiger partial charge < -0.3 is 4.74 Å². The Kier molecular flexibility index (Phi) is 9.13. The summed E-state index contributed by atoms with van der Waals surface area (Å²) in [6, 6.07) is 4.98. The number of aromatic nitrogens is 1. The van der Waals surface area contributed by atoms with Crippen molar-refractivity contribution >= 4 is 44.9 Å². The fraction of sp³-hybridized carbons (Fsp3) is 0.630. The molecule has 2 heterocycles. The number of carbonyl (C=O) groups is 1. The number of hydrogen-bond donors (Lipinski definition) is 2. The zero-order chi connectivity index (χ0) is 27.6. The number of likely N-dealkylation sites (N-methyl/N-ethyl adjacent to an activating group) is 1. The molecule has 0 spiro atoms. The molecule has 2 aliphatic rings. The molecule has 4 rings (SSSR count). The van der Waals surface area contributed by atoms with Gasteiger partial charge >= 0.3 is 6.09 Å². The SMILES string of the molecule is CSC1(COC(=O)Nc2ccc(-c3cnc(C4CCCCC4)s3)c(S(=O)(=O)NC(C)(C)C)c2)CCCN1C. The summed E-state index contributed by atoms with van der Waals surface area (Å²) < 4.78 is 35.4. The van der Waals surface area contributed by atoms with Crippen molar-refractivity contribution in [1.82, 2.24) is 14.6 Å². The summed E-state index contributed by atoms with van der Waals surface area (Å²) in [5.41, 5.74) is 0.274. The lowest BCUT2D eigenvalue weighted by Gasteiger charge is -2.33.